The number of nitrogens with one attached hydrogen (secondary N) is 2. The van der Waals surface area contributed by atoms with E-state index in [4.69, 9.17) is 16.6 Å². The van der Waals surface area contributed by atoms with Gasteiger partial charge in [-0.25, -0.2) is 9.37 Å². The fraction of sp³-hybridized carbons (Fsp3) is 0.286. The fourth-order valence-electron chi connectivity index (χ4n) is 2.30. The van der Waals surface area contributed by atoms with Gasteiger partial charge in [0, 0.05) is 30.4 Å². The second-order valence-electron chi connectivity index (χ2n) is 5.96. The second-order valence-corrected chi connectivity index (χ2v) is 5.96. The van der Waals surface area contributed by atoms with Gasteiger partial charge in [-0.05, 0) is 36.1 Å². The zero-order valence-corrected chi connectivity index (χ0v) is 16.0. The summed E-state index contributed by atoms with van der Waals surface area (Å²) in [5.41, 5.74) is 8.75. The van der Waals surface area contributed by atoms with E-state index in [1.807, 2.05) is 37.0 Å². The molecule has 0 unspecified atom stereocenters. The highest BCUT2D eigenvalue weighted by molar-refractivity contribution is 5.84. The summed E-state index contributed by atoms with van der Waals surface area (Å²) in [6.07, 6.45) is 12.0. The average molecular weight is 369 g/mol. The van der Waals surface area contributed by atoms with E-state index in [-0.39, 0.29) is 0 Å². The van der Waals surface area contributed by atoms with Crippen molar-refractivity contribution in [3.8, 4) is 0 Å². The summed E-state index contributed by atoms with van der Waals surface area (Å²) in [7, 11) is 0. The molecule has 1 aliphatic rings. The zero-order valence-electron chi connectivity index (χ0n) is 16.0. The van der Waals surface area contributed by atoms with Crippen molar-refractivity contribution < 1.29 is 4.39 Å². The highest BCUT2D eigenvalue weighted by Gasteiger charge is 2.26. The van der Waals surface area contributed by atoms with Crippen molar-refractivity contribution in [3.05, 3.63) is 65.9 Å². The van der Waals surface area contributed by atoms with Gasteiger partial charge < -0.3 is 21.5 Å². The SMILES string of the molecule is C=C(C=N)\C=C/C(=C\C)C(/C=N)=C/CC.Nc1ccnc(N2CC(F)C2)c1. The lowest BCUT2D eigenvalue weighted by molar-refractivity contribution is 0.273. The Morgan fingerprint density at radius 1 is 1.33 bits per heavy atom. The first-order valence-electron chi connectivity index (χ1n) is 8.80. The standard InChI is InChI=1S/C13H18N2.C8H10FN3/c1-4-6-13(10-15)12(5-2)8-7-11(3)9-14;9-6-4-12(5-6)8-3-7(10)1-2-11-8/h5-10,14-15H,3-4H2,1-2H3;1-3,6H,4-5H2,(H2,10,11)/b8-7-,12-5+,13-6+,14-9?,15-10?;. The Hall–Kier alpha value is -3.02. The van der Waals surface area contributed by atoms with Gasteiger partial charge in [0.2, 0.25) is 0 Å². The Kier molecular flexibility index (Phi) is 9.43. The number of hydrogen-bond acceptors (Lipinski definition) is 5. The first-order valence-corrected chi connectivity index (χ1v) is 8.80. The Bertz CT molecular complexity index is 743. The van der Waals surface area contributed by atoms with Gasteiger partial charge in [-0.15, -0.1) is 0 Å². The predicted molar refractivity (Wildman–Crippen MR) is 114 cm³/mol. The van der Waals surface area contributed by atoms with E-state index in [9.17, 15) is 4.39 Å². The van der Waals surface area contributed by atoms with Gasteiger partial charge in [0.25, 0.3) is 0 Å². The Morgan fingerprint density at radius 2 is 2.04 bits per heavy atom. The molecule has 144 valence electrons. The normalized spacial score (nSPS) is 15.0. The Balaban J connectivity index is 0.000000274. The quantitative estimate of drug-likeness (QED) is 0.488. The molecule has 0 saturated carbocycles. The molecular formula is C21H28FN5. The summed E-state index contributed by atoms with van der Waals surface area (Å²) >= 11 is 0. The largest absolute Gasteiger partial charge is 0.399 e. The minimum Gasteiger partial charge on any atom is -0.399 e. The number of pyridine rings is 1. The van der Waals surface area contributed by atoms with Crippen LogP contribution in [0.2, 0.25) is 0 Å². The lowest BCUT2D eigenvalue weighted by Gasteiger charge is -2.35. The van der Waals surface area contributed by atoms with Crippen LogP contribution in [0.3, 0.4) is 0 Å². The van der Waals surface area contributed by atoms with E-state index in [0.717, 1.165) is 23.4 Å². The number of rotatable bonds is 7. The lowest BCUT2D eigenvalue weighted by Crippen LogP contribution is -2.48. The van der Waals surface area contributed by atoms with E-state index in [0.29, 0.717) is 24.4 Å². The number of nitrogen functional groups attached to an aromatic ring is 1. The highest BCUT2D eigenvalue weighted by atomic mass is 19.1. The number of anilines is 2. The first kappa shape index (κ1) is 22.0. The van der Waals surface area contributed by atoms with Gasteiger partial charge in [0.05, 0.1) is 13.1 Å². The minimum absolute atomic E-state index is 0.441. The van der Waals surface area contributed by atoms with Crippen LogP contribution in [0.1, 0.15) is 20.3 Å². The van der Waals surface area contributed by atoms with Crippen molar-refractivity contribution in [1.29, 1.82) is 10.8 Å². The van der Waals surface area contributed by atoms with Crippen molar-refractivity contribution >= 4 is 23.9 Å². The van der Waals surface area contributed by atoms with Crippen LogP contribution in [0, 0.1) is 10.8 Å². The van der Waals surface area contributed by atoms with Crippen LogP contribution in [-0.4, -0.2) is 36.7 Å². The smallest absolute Gasteiger partial charge is 0.135 e. The van der Waals surface area contributed by atoms with Crippen LogP contribution in [0.25, 0.3) is 0 Å². The molecule has 4 N–H and O–H groups in total. The highest BCUT2D eigenvalue weighted by Crippen LogP contribution is 2.21. The summed E-state index contributed by atoms with van der Waals surface area (Å²) in [4.78, 5) is 5.94. The summed E-state index contributed by atoms with van der Waals surface area (Å²) in [5.74, 6) is 0.768. The van der Waals surface area contributed by atoms with Crippen LogP contribution >= 0.6 is 0 Å². The number of nitrogens with two attached hydrogens (primary N) is 1. The molecule has 27 heavy (non-hydrogen) atoms. The summed E-state index contributed by atoms with van der Waals surface area (Å²) in [6.45, 7) is 8.53. The number of nitrogens with zero attached hydrogens (tertiary/aromatic N) is 2. The van der Waals surface area contributed by atoms with E-state index < -0.39 is 6.17 Å². The van der Waals surface area contributed by atoms with Crippen molar-refractivity contribution in [3.63, 3.8) is 0 Å². The summed E-state index contributed by atoms with van der Waals surface area (Å²) in [5, 5.41) is 14.3. The van der Waals surface area contributed by atoms with Crippen LogP contribution in [-0.2, 0) is 0 Å². The van der Waals surface area contributed by atoms with E-state index in [1.165, 1.54) is 12.4 Å². The molecule has 2 heterocycles. The van der Waals surface area contributed by atoms with Gasteiger partial charge in [0.1, 0.15) is 12.0 Å². The number of aromatic nitrogens is 1. The molecule has 1 aliphatic heterocycles. The molecule has 0 spiro atoms. The molecule has 0 amide bonds. The van der Waals surface area contributed by atoms with Crippen LogP contribution in [0.5, 0.6) is 0 Å². The maximum Gasteiger partial charge on any atom is 0.135 e. The Morgan fingerprint density at radius 3 is 2.52 bits per heavy atom. The third-order valence-electron chi connectivity index (χ3n) is 3.82. The average Bonchev–Trinajstić information content (AvgIpc) is 2.65. The van der Waals surface area contributed by atoms with Gasteiger partial charge in [-0.2, -0.15) is 0 Å². The molecule has 2 rings (SSSR count). The molecule has 0 aromatic carbocycles. The summed E-state index contributed by atoms with van der Waals surface area (Å²) < 4.78 is 12.5. The number of halogens is 1. The van der Waals surface area contributed by atoms with Crippen molar-refractivity contribution in [2.75, 3.05) is 23.7 Å². The summed E-state index contributed by atoms with van der Waals surface area (Å²) in [6, 6.07) is 3.47. The van der Waals surface area contributed by atoms with Crippen LogP contribution in [0.4, 0.5) is 15.9 Å². The lowest BCUT2D eigenvalue weighted by atomic mass is 10.0. The third kappa shape index (κ3) is 7.40. The van der Waals surface area contributed by atoms with Crippen molar-refractivity contribution in [1.82, 2.24) is 4.98 Å². The molecule has 0 aliphatic carbocycles. The minimum atomic E-state index is -0.701. The van der Waals surface area contributed by atoms with Crippen molar-refractivity contribution in [2.24, 2.45) is 0 Å². The molecule has 1 saturated heterocycles. The first-order chi connectivity index (χ1) is 12.9. The topological polar surface area (TPSA) is 89.8 Å². The van der Waals surface area contributed by atoms with Gasteiger partial charge >= 0.3 is 0 Å². The predicted octanol–water partition coefficient (Wildman–Crippen LogP) is 4.50. The molecule has 6 heteroatoms. The monoisotopic (exact) mass is 369 g/mol. The zero-order chi connectivity index (χ0) is 20.2. The van der Waals surface area contributed by atoms with Gasteiger partial charge in [-0.3, -0.25) is 0 Å². The van der Waals surface area contributed by atoms with Crippen LogP contribution < -0.4 is 10.6 Å². The van der Waals surface area contributed by atoms with E-state index in [2.05, 4.69) is 11.6 Å². The molecule has 0 atom stereocenters. The number of allylic oxidation sites excluding steroid dienone is 7. The van der Waals surface area contributed by atoms with Crippen molar-refractivity contribution in [2.45, 2.75) is 26.4 Å². The van der Waals surface area contributed by atoms with E-state index in [1.54, 1.807) is 24.4 Å². The maximum atomic E-state index is 12.5. The molecule has 1 fully saturated rings. The number of hydrogen-bond donors (Lipinski definition) is 3. The molecular weight excluding hydrogens is 341 g/mol. The molecule has 1 aromatic rings. The number of alkyl halides is 1. The van der Waals surface area contributed by atoms with Crippen LogP contribution in [0.15, 0.2) is 65.9 Å². The molecule has 0 bridgehead atoms. The molecule has 1 aromatic heterocycles. The fourth-order valence-corrected chi connectivity index (χ4v) is 2.30. The maximum absolute atomic E-state index is 12.5. The van der Waals surface area contributed by atoms with Gasteiger partial charge in [-0.1, -0.05) is 37.8 Å². The Labute approximate surface area is 160 Å². The second kappa shape index (κ2) is 11.6. The molecule has 5 nitrogen and oxygen atoms in total. The van der Waals surface area contributed by atoms with Gasteiger partial charge in [0.15, 0.2) is 0 Å². The molecule has 0 radical (unpaired) electrons. The third-order valence-corrected chi connectivity index (χ3v) is 3.82. The van der Waals surface area contributed by atoms with E-state index >= 15 is 0 Å².